The minimum Gasteiger partial charge on any atom is -0.315 e. The van der Waals surface area contributed by atoms with Crippen LogP contribution < -0.4 is 5.32 Å². The molecule has 0 aromatic rings. The molecule has 1 atom stereocenters. The van der Waals surface area contributed by atoms with Crippen LogP contribution in [-0.4, -0.2) is 24.7 Å². The molecule has 0 bridgehead atoms. The van der Waals surface area contributed by atoms with Crippen LogP contribution in [0.2, 0.25) is 0 Å². The van der Waals surface area contributed by atoms with Gasteiger partial charge in [-0.1, -0.05) is 6.08 Å². The van der Waals surface area contributed by atoms with Gasteiger partial charge in [-0.05, 0) is 6.42 Å². The van der Waals surface area contributed by atoms with Crippen molar-refractivity contribution in [3.8, 4) is 0 Å². The summed E-state index contributed by atoms with van der Waals surface area (Å²) in [4.78, 5) is 14.8. The van der Waals surface area contributed by atoms with Gasteiger partial charge < -0.3 is 5.32 Å². The van der Waals surface area contributed by atoms with Crippen molar-refractivity contribution in [1.29, 1.82) is 0 Å². The van der Waals surface area contributed by atoms with Crippen LogP contribution in [0.15, 0.2) is 17.1 Å². The number of nitrogens with one attached hydrogen (secondary N) is 1. The first-order valence-electron chi connectivity index (χ1n) is 3.86. The number of hydrogen-bond acceptors (Lipinski definition) is 2. The summed E-state index contributed by atoms with van der Waals surface area (Å²) in [6.45, 7) is 1.89. The smallest absolute Gasteiger partial charge is 0.269 e. The number of nitrogens with zero attached hydrogens (tertiary/aromatic N) is 1. The van der Waals surface area contributed by atoms with Crippen molar-refractivity contribution in [2.24, 2.45) is 10.9 Å². The van der Waals surface area contributed by atoms with Crippen LogP contribution in [0.3, 0.4) is 0 Å². The van der Waals surface area contributed by atoms with Crippen molar-refractivity contribution >= 4 is 11.6 Å². The van der Waals surface area contributed by atoms with Crippen molar-refractivity contribution in [3.05, 3.63) is 12.2 Å². The first-order valence-corrected chi connectivity index (χ1v) is 3.86. The van der Waals surface area contributed by atoms with Crippen molar-refractivity contribution < 1.29 is 4.79 Å². The van der Waals surface area contributed by atoms with Crippen LogP contribution in [0.5, 0.6) is 0 Å². The van der Waals surface area contributed by atoms with Crippen molar-refractivity contribution in [2.75, 3.05) is 13.1 Å². The van der Waals surface area contributed by atoms with Gasteiger partial charge in [0.2, 0.25) is 0 Å². The van der Waals surface area contributed by atoms with E-state index in [1.807, 2.05) is 6.08 Å². The maximum absolute atomic E-state index is 10.8. The maximum atomic E-state index is 10.8. The molecule has 0 aliphatic carbocycles. The van der Waals surface area contributed by atoms with Crippen LogP contribution >= 0.6 is 0 Å². The molecule has 0 radical (unpaired) electrons. The van der Waals surface area contributed by atoms with E-state index in [2.05, 4.69) is 10.3 Å². The normalized spacial score (nSPS) is 29.6. The summed E-state index contributed by atoms with van der Waals surface area (Å²) in [6.07, 6.45) is 4.42. The van der Waals surface area contributed by atoms with Gasteiger partial charge in [0.25, 0.3) is 5.91 Å². The molecule has 0 aromatic carbocycles. The topological polar surface area (TPSA) is 41.5 Å². The fourth-order valence-electron chi connectivity index (χ4n) is 1.47. The Kier molecular flexibility index (Phi) is 1.58. The molecule has 1 saturated heterocycles. The fourth-order valence-corrected chi connectivity index (χ4v) is 1.47. The Morgan fingerprint density at radius 2 is 2.55 bits per heavy atom. The summed E-state index contributed by atoms with van der Waals surface area (Å²) >= 11 is 0. The number of aliphatic imine (C=N–C) groups is 1. The number of hydrogen-bond donors (Lipinski definition) is 1. The summed E-state index contributed by atoms with van der Waals surface area (Å²) < 4.78 is 0. The highest BCUT2D eigenvalue weighted by Crippen LogP contribution is 2.13. The lowest BCUT2D eigenvalue weighted by Crippen LogP contribution is -2.37. The third-order valence-corrected chi connectivity index (χ3v) is 2.08. The Hall–Kier alpha value is -0.960. The first kappa shape index (κ1) is 6.73. The molecule has 0 saturated carbocycles. The van der Waals surface area contributed by atoms with Gasteiger partial charge in [-0.2, -0.15) is 0 Å². The standard InChI is InChI=1S/C8H10N2O/c11-8-2-1-6-5-9-4-3-7(6)10-8/h1-2,6,9H,3-5H2. The van der Waals surface area contributed by atoms with Gasteiger partial charge in [-0.25, -0.2) is 4.99 Å². The molecule has 0 spiro atoms. The van der Waals surface area contributed by atoms with E-state index in [-0.39, 0.29) is 5.91 Å². The van der Waals surface area contributed by atoms with Crippen molar-refractivity contribution in [3.63, 3.8) is 0 Å². The van der Waals surface area contributed by atoms with Crippen LogP contribution in [-0.2, 0) is 4.79 Å². The van der Waals surface area contributed by atoms with Gasteiger partial charge in [0.15, 0.2) is 0 Å². The van der Waals surface area contributed by atoms with E-state index in [1.54, 1.807) is 6.08 Å². The molecular formula is C8H10N2O. The average Bonchev–Trinajstić information content (AvgIpc) is 2.04. The summed E-state index contributed by atoms with van der Waals surface area (Å²) in [7, 11) is 0. The molecule has 3 nitrogen and oxygen atoms in total. The first-order chi connectivity index (χ1) is 5.36. The van der Waals surface area contributed by atoms with Crippen LogP contribution in [0.4, 0.5) is 0 Å². The zero-order chi connectivity index (χ0) is 7.68. The SMILES string of the molecule is O=C1C=CC2CNCCC2=N1. The summed E-state index contributed by atoms with van der Waals surface area (Å²) in [5.74, 6) is 0.277. The highest BCUT2D eigenvalue weighted by Gasteiger charge is 2.20. The Bertz CT molecular complexity index is 242. The minimum atomic E-state index is -0.0989. The van der Waals surface area contributed by atoms with Crippen molar-refractivity contribution in [2.45, 2.75) is 6.42 Å². The molecule has 0 aromatic heterocycles. The number of carbonyl (C=O) groups is 1. The Morgan fingerprint density at radius 1 is 1.64 bits per heavy atom. The Labute approximate surface area is 65.2 Å². The lowest BCUT2D eigenvalue weighted by Gasteiger charge is -2.23. The number of rotatable bonds is 0. The Balaban J connectivity index is 2.21. The van der Waals surface area contributed by atoms with E-state index in [9.17, 15) is 4.79 Å². The lowest BCUT2D eigenvalue weighted by atomic mass is 9.95. The molecule has 2 aliphatic heterocycles. The highest BCUT2D eigenvalue weighted by atomic mass is 16.1. The molecule has 1 N–H and O–H groups in total. The molecular weight excluding hydrogens is 140 g/mol. The summed E-state index contributed by atoms with van der Waals surface area (Å²) in [5.41, 5.74) is 1.05. The molecule has 2 heterocycles. The van der Waals surface area contributed by atoms with Gasteiger partial charge in [0.05, 0.1) is 0 Å². The average molecular weight is 150 g/mol. The lowest BCUT2D eigenvalue weighted by molar-refractivity contribution is -0.113. The number of fused-ring (bicyclic) bond motifs is 1. The zero-order valence-corrected chi connectivity index (χ0v) is 6.21. The quantitative estimate of drug-likeness (QED) is 0.533. The van der Waals surface area contributed by atoms with Gasteiger partial charge >= 0.3 is 0 Å². The van der Waals surface area contributed by atoms with E-state index in [4.69, 9.17) is 0 Å². The predicted octanol–water partition coefficient (Wildman–Crippen LogP) is 0.133. The summed E-state index contributed by atoms with van der Waals surface area (Å²) in [6, 6.07) is 0. The van der Waals surface area contributed by atoms with Gasteiger partial charge in [-0.3, -0.25) is 4.79 Å². The van der Waals surface area contributed by atoms with Crippen LogP contribution in [0.25, 0.3) is 0 Å². The Morgan fingerprint density at radius 3 is 3.45 bits per heavy atom. The minimum absolute atomic E-state index is 0.0989. The van der Waals surface area contributed by atoms with E-state index in [0.29, 0.717) is 5.92 Å². The van der Waals surface area contributed by atoms with E-state index < -0.39 is 0 Å². The second-order valence-corrected chi connectivity index (χ2v) is 2.86. The molecule has 58 valence electrons. The molecule has 11 heavy (non-hydrogen) atoms. The van der Waals surface area contributed by atoms with E-state index in [1.165, 1.54) is 0 Å². The number of carbonyl (C=O) groups excluding carboxylic acids is 1. The third kappa shape index (κ3) is 1.24. The van der Waals surface area contributed by atoms with E-state index >= 15 is 0 Å². The molecule has 3 heteroatoms. The molecule has 1 amide bonds. The van der Waals surface area contributed by atoms with Gasteiger partial charge in [-0.15, -0.1) is 0 Å². The second kappa shape index (κ2) is 2.58. The second-order valence-electron chi connectivity index (χ2n) is 2.86. The summed E-state index contributed by atoms with van der Waals surface area (Å²) in [5, 5.41) is 3.26. The largest absolute Gasteiger partial charge is 0.315 e. The molecule has 2 aliphatic rings. The zero-order valence-electron chi connectivity index (χ0n) is 6.21. The number of piperidine rings is 1. The fraction of sp³-hybridized carbons (Fsp3) is 0.500. The predicted molar refractivity (Wildman–Crippen MR) is 42.6 cm³/mol. The monoisotopic (exact) mass is 150 g/mol. The molecule has 2 rings (SSSR count). The van der Waals surface area contributed by atoms with Crippen molar-refractivity contribution in [1.82, 2.24) is 5.32 Å². The van der Waals surface area contributed by atoms with Crippen LogP contribution in [0, 0.1) is 5.92 Å². The van der Waals surface area contributed by atoms with Crippen LogP contribution in [0.1, 0.15) is 6.42 Å². The van der Waals surface area contributed by atoms with Gasteiger partial charge in [0, 0.05) is 30.8 Å². The third-order valence-electron chi connectivity index (χ3n) is 2.08. The molecule has 1 fully saturated rings. The number of amides is 1. The molecule has 1 unspecified atom stereocenters. The van der Waals surface area contributed by atoms with Gasteiger partial charge in [0.1, 0.15) is 0 Å². The van der Waals surface area contributed by atoms with E-state index in [0.717, 1.165) is 25.2 Å². The maximum Gasteiger partial charge on any atom is 0.269 e. The number of dihydropyridines is 1. The highest BCUT2D eigenvalue weighted by molar-refractivity contribution is 6.05.